The number of rotatable bonds is 6. The molecule has 0 atom stereocenters. The molecule has 0 unspecified atom stereocenters. The number of carbonyl (C=O) groups excluding carboxylic acids is 1. The van der Waals surface area contributed by atoms with Gasteiger partial charge in [0.2, 0.25) is 10.0 Å². The Morgan fingerprint density at radius 2 is 1.86 bits per heavy atom. The van der Waals surface area contributed by atoms with Gasteiger partial charge in [-0.1, -0.05) is 19.8 Å². The van der Waals surface area contributed by atoms with Crippen molar-refractivity contribution >= 4 is 21.6 Å². The quantitative estimate of drug-likeness (QED) is 0.816. The van der Waals surface area contributed by atoms with E-state index in [1.807, 2.05) is 0 Å². The van der Waals surface area contributed by atoms with Crippen LogP contribution in [0, 0.1) is 0 Å². The minimum Gasteiger partial charge on any atom is -0.484 e. The molecule has 5 nitrogen and oxygen atoms in total. The molecular weight excluding hydrogens is 290 g/mol. The molecule has 1 aromatic carbocycles. The summed E-state index contributed by atoms with van der Waals surface area (Å²) in [5, 5.41) is 5.07. The van der Waals surface area contributed by atoms with Gasteiger partial charge in [-0.15, -0.1) is 0 Å². The summed E-state index contributed by atoms with van der Waals surface area (Å²) >= 11 is 0. The Morgan fingerprint density at radius 1 is 1.19 bits per heavy atom. The van der Waals surface area contributed by atoms with E-state index < -0.39 is 10.0 Å². The molecule has 1 aromatic rings. The number of carbonyl (C=O) groups is 1. The number of unbranched alkanes of at least 4 members (excludes halogenated alkanes) is 2. The third-order valence-electron chi connectivity index (χ3n) is 3.43. The van der Waals surface area contributed by atoms with Crippen LogP contribution in [0.15, 0.2) is 34.7 Å². The van der Waals surface area contributed by atoms with Crippen LogP contribution in [-0.4, -0.2) is 20.8 Å². The zero-order valence-electron chi connectivity index (χ0n) is 12.0. The van der Waals surface area contributed by atoms with Gasteiger partial charge in [-0.25, -0.2) is 13.6 Å². The molecule has 1 aliphatic rings. The molecule has 0 saturated carbocycles. The van der Waals surface area contributed by atoms with E-state index in [1.165, 1.54) is 12.1 Å². The molecule has 21 heavy (non-hydrogen) atoms. The fraction of sp³-hybridized carbons (Fsp3) is 0.400. The normalized spacial score (nSPS) is 15.4. The first kappa shape index (κ1) is 15.7. The largest absolute Gasteiger partial charge is 0.484 e. The van der Waals surface area contributed by atoms with Crippen LogP contribution in [0.1, 0.15) is 38.2 Å². The number of Topliss-reactive ketones (excluding diaryl/α,β-unsaturated/α-hetero) is 1. The topological polar surface area (TPSA) is 86.5 Å². The van der Waals surface area contributed by atoms with Crippen LogP contribution in [0.2, 0.25) is 0 Å². The third-order valence-corrected chi connectivity index (χ3v) is 4.36. The number of nitrogens with two attached hydrogens (primary N) is 1. The van der Waals surface area contributed by atoms with Gasteiger partial charge in [0, 0.05) is 11.1 Å². The number of hydrogen-bond acceptors (Lipinski definition) is 4. The van der Waals surface area contributed by atoms with E-state index in [9.17, 15) is 13.2 Å². The van der Waals surface area contributed by atoms with Crippen LogP contribution in [0.5, 0.6) is 0 Å². The Balaban J connectivity index is 2.27. The SMILES string of the molecule is CCCCCC1=C(c2ccc(S(N)(=O)=O)cc2)OCC1=O. The summed E-state index contributed by atoms with van der Waals surface area (Å²) in [6.07, 6.45) is 3.79. The third kappa shape index (κ3) is 3.71. The smallest absolute Gasteiger partial charge is 0.238 e. The average Bonchev–Trinajstić information content (AvgIpc) is 2.80. The highest BCUT2D eigenvalue weighted by Gasteiger charge is 2.25. The average molecular weight is 309 g/mol. The summed E-state index contributed by atoms with van der Waals surface area (Å²) in [4.78, 5) is 11.9. The fourth-order valence-corrected chi connectivity index (χ4v) is 2.81. The molecule has 2 rings (SSSR count). The van der Waals surface area contributed by atoms with Gasteiger partial charge in [-0.3, -0.25) is 4.79 Å². The summed E-state index contributed by atoms with van der Waals surface area (Å²) in [6, 6.07) is 6.09. The zero-order valence-corrected chi connectivity index (χ0v) is 12.8. The van der Waals surface area contributed by atoms with Crippen molar-refractivity contribution in [1.29, 1.82) is 0 Å². The van der Waals surface area contributed by atoms with Crippen LogP contribution in [0.3, 0.4) is 0 Å². The predicted octanol–water partition coefficient (Wildman–Crippen LogP) is 2.22. The van der Waals surface area contributed by atoms with E-state index in [-0.39, 0.29) is 17.3 Å². The van der Waals surface area contributed by atoms with Crippen molar-refractivity contribution in [3.63, 3.8) is 0 Å². The summed E-state index contributed by atoms with van der Waals surface area (Å²) in [7, 11) is -3.71. The number of benzene rings is 1. The first-order valence-corrected chi connectivity index (χ1v) is 8.50. The molecule has 0 amide bonds. The molecule has 1 aliphatic heterocycles. The molecule has 1 heterocycles. The fourth-order valence-electron chi connectivity index (χ4n) is 2.30. The van der Waals surface area contributed by atoms with E-state index in [1.54, 1.807) is 12.1 Å². The Kier molecular flexibility index (Phi) is 4.80. The van der Waals surface area contributed by atoms with Crippen molar-refractivity contribution in [3.05, 3.63) is 35.4 Å². The van der Waals surface area contributed by atoms with Gasteiger partial charge in [0.15, 0.2) is 12.4 Å². The lowest BCUT2D eigenvalue weighted by Crippen LogP contribution is -2.11. The number of ether oxygens (including phenoxy) is 1. The maximum atomic E-state index is 11.9. The second-order valence-electron chi connectivity index (χ2n) is 5.05. The van der Waals surface area contributed by atoms with Crippen LogP contribution < -0.4 is 5.14 Å². The van der Waals surface area contributed by atoms with Crippen molar-refractivity contribution in [3.8, 4) is 0 Å². The first-order valence-electron chi connectivity index (χ1n) is 6.96. The molecule has 0 bridgehead atoms. The molecule has 2 N–H and O–H groups in total. The van der Waals surface area contributed by atoms with E-state index in [0.717, 1.165) is 19.3 Å². The highest BCUT2D eigenvalue weighted by atomic mass is 32.2. The molecule has 114 valence electrons. The molecule has 0 radical (unpaired) electrons. The van der Waals surface area contributed by atoms with E-state index in [0.29, 0.717) is 23.3 Å². The van der Waals surface area contributed by atoms with Crippen molar-refractivity contribution in [1.82, 2.24) is 0 Å². The van der Waals surface area contributed by atoms with E-state index in [2.05, 4.69) is 6.92 Å². The second kappa shape index (κ2) is 6.41. The molecule has 0 aliphatic carbocycles. The lowest BCUT2D eigenvalue weighted by molar-refractivity contribution is -0.116. The van der Waals surface area contributed by atoms with Gasteiger partial charge in [-0.05, 0) is 37.1 Å². The summed E-state index contributed by atoms with van der Waals surface area (Å²) in [5.41, 5.74) is 1.41. The van der Waals surface area contributed by atoms with Gasteiger partial charge in [0.1, 0.15) is 5.76 Å². The molecule has 0 saturated heterocycles. The minimum absolute atomic E-state index is 0.0108. The monoisotopic (exact) mass is 309 g/mol. The van der Waals surface area contributed by atoms with Crippen molar-refractivity contribution in [2.45, 2.75) is 37.5 Å². The van der Waals surface area contributed by atoms with E-state index in [4.69, 9.17) is 9.88 Å². The van der Waals surface area contributed by atoms with Gasteiger partial charge >= 0.3 is 0 Å². The Hall–Kier alpha value is -1.66. The molecular formula is C15H19NO4S. The van der Waals surface area contributed by atoms with Crippen molar-refractivity contribution < 1.29 is 17.9 Å². The number of primary sulfonamides is 1. The highest BCUT2D eigenvalue weighted by Crippen LogP contribution is 2.30. The van der Waals surface area contributed by atoms with Gasteiger partial charge in [-0.2, -0.15) is 0 Å². The standard InChI is InChI=1S/C15H19NO4S/c1-2-3-4-5-13-14(17)10-20-15(13)11-6-8-12(9-7-11)21(16,18)19/h6-9H,2-5,10H2,1H3,(H2,16,18,19). The Labute approximate surface area is 124 Å². The zero-order chi connectivity index (χ0) is 15.5. The highest BCUT2D eigenvalue weighted by molar-refractivity contribution is 7.89. The number of ketones is 1. The van der Waals surface area contributed by atoms with E-state index >= 15 is 0 Å². The first-order chi connectivity index (χ1) is 9.93. The summed E-state index contributed by atoms with van der Waals surface area (Å²) < 4.78 is 27.9. The number of hydrogen-bond donors (Lipinski definition) is 1. The van der Waals surface area contributed by atoms with Gasteiger partial charge in [0.05, 0.1) is 4.90 Å². The maximum Gasteiger partial charge on any atom is 0.238 e. The minimum atomic E-state index is -3.71. The lowest BCUT2D eigenvalue weighted by atomic mass is 10.0. The van der Waals surface area contributed by atoms with Crippen molar-refractivity contribution in [2.75, 3.05) is 6.61 Å². The van der Waals surface area contributed by atoms with Crippen molar-refractivity contribution in [2.24, 2.45) is 5.14 Å². The lowest BCUT2D eigenvalue weighted by Gasteiger charge is -2.07. The van der Waals surface area contributed by atoms with Gasteiger partial charge in [0.25, 0.3) is 0 Å². The molecule has 0 spiro atoms. The second-order valence-corrected chi connectivity index (χ2v) is 6.61. The van der Waals surface area contributed by atoms with Crippen LogP contribution >= 0.6 is 0 Å². The molecule has 0 aromatic heterocycles. The Bertz CT molecular complexity index is 659. The molecule has 6 heteroatoms. The van der Waals surface area contributed by atoms with Gasteiger partial charge < -0.3 is 4.74 Å². The predicted molar refractivity (Wildman–Crippen MR) is 79.8 cm³/mol. The molecule has 0 fully saturated rings. The summed E-state index contributed by atoms with van der Waals surface area (Å²) in [5.74, 6) is 0.577. The Morgan fingerprint density at radius 3 is 2.43 bits per heavy atom. The maximum absolute atomic E-state index is 11.9. The van der Waals surface area contributed by atoms with Crippen LogP contribution in [0.25, 0.3) is 5.76 Å². The van der Waals surface area contributed by atoms with Crippen LogP contribution in [0.4, 0.5) is 0 Å². The van der Waals surface area contributed by atoms with Crippen LogP contribution in [-0.2, 0) is 19.6 Å². The number of sulfonamides is 1. The summed E-state index contributed by atoms with van der Waals surface area (Å²) in [6.45, 7) is 2.17.